The fourth-order valence-electron chi connectivity index (χ4n) is 2.83. The molecule has 0 aliphatic carbocycles. The van der Waals surface area contributed by atoms with E-state index in [9.17, 15) is 14.0 Å². The summed E-state index contributed by atoms with van der Waals surface area (Å²) in [4.78, 5) is 26.4. The normalized spacial score (nSPS) is 17.0. The van der Waals surface area contributed by atoms with Crippen LogP contribution in [0, 0.1) is 5.82 Å². The molecule has 130 valence electrons. The molecule has 3 rings (SSSR count). The second kappa shape index (κ2) is 7.21. The fourth-order valence-corrected chi connectivity index (χ4v) is 2.83. The van der Waals surface area contributed by atoms with Gasteiger partial charge in [-0.05, 0) is 17.7 Å². The van der Waals surface area contributed by atoms with Gasteiger partial charge in [-0.15, -0.1) is 0 Å². The van der Waals surface area contributed by atoms with Crippen molar-refractivity contribution in [2.24, 2.45) is 0 Å². The largest absolute Gasteiger partial charge is 0.494 e. The first-order valence-electron chi connectivity index (χ1n) is 7.84. The molecule has 0 bridgehead atoms. The Morgan fingerprint density at radius 3 is 2.72 bits per heavy atom. The number of hydrogen-bond donors (Lipinski definition) is 2. The number of anilines is 1. The molecule has 1 atom stereocenters. The molecular weight excluding hydrogens is 325 g/mol. The highest BCUT2D eigenvalue weighted by Crippen LogP contribution is 2.29. The number of carbonyl (C=O) groups is 2. The molecule has 2 aromatic carbocycles. The van der Waals surface area contributed by atoms with Crippen LogP contribution in [0.1, 0.15) is 11.6 Å². The summed E-state index contributed by atoms with van der Waals surface area (Å²) in [5.74, 6) is -0.662. The van der Waals surface area contributed by atoms with Crippen molar-refractivity contribution in [1.29, 1.82) is 0 Å². The lowest BCUT2D eigenvalue weighted by Crippen LogP contribution is -2.53. The van der Waals surface area contributed by atoms with Crippen molar-refractivity contribution in [3.8, 4) is 5.75 Å². The first-order valence-corrected chi connectivity index (χ1v) is 7.84. The second-order valence-corrected chi connectivity index (χ2v) is 5.54. The summed E-state index contributed by atoms with van der Waals surface area (Å²) in [6, 6.07) is 11.9. The number of methoxy groups -OCH3 is 1. The molecule has 1 unspecified atom stereocenters. The maximum atomic E-state index is 14.1. The minimum Gasteiger partial charge on any atom is -0.494 e. The predicted octanol–water partition coefficient (Wildman–Crippen LogP) is 2.54. The highest BCUT2D eigenvalue weighted by Gasteiger charge is 2.34. The van der Waals surface area contributed by atoms with Gasteiger partial charge in [0, 0.05) is 13.1 Å². The van der Waals surface area contributed by atoms with E-state index in [0.29, 0.717) is 18.7 Å². The van der Waals surface area contributed by atoms with Crippen LogP contribution in [0.5, 0.6) is 5.75 Å². The quantitative estimate of drug-likeness (QED) is 0.900. The van der Waals surface area contributed by atoms with Gasteiger partial charge in [0.1, 0.15) is 17.5 Å². The highest BCUT2D eigenvalue weighted by atomic mass is 19.1. The number of urea groups is 1. The van der Waals surface area contributed by atoms with Crippen LogP contribution in [0.15, 0.2) is 48.5 Å². The van der Waals surface area contributed by atoms with Crippen molar-refractivity contribution in [2.45, 2.75) is 6.04 Å². The molecule has 1 fully saturated rings. The van der Waals surface area contributed by atoms with Crippen molar-refractivity contribution in [3.63, 3.8) is 0 Å². The lowest BCUT2D eigenvalue weighted by atomic mass is 10.0. The Bertz CT molecular complexity index is 782. The van der Waals surface area contributed by atoms with Gasteiger partial charge in [0.15, 0.2) is 5.82 Å². The van der Waals surface area contributed by atoms with E-state index >= 15 is 0 Å². The number of amides is 3. The summed E-state index contributed by atoms with van der Waals surface area (Å²) in [7, 11) is 1.39. The van der Waals surface area contributed by atoms with Crippen molar-refractivity contribution < 1.29 is 18.7 Å². The summed E-state index contributed by atoms with van der Waals surface area (Å²) in [6.45, 7) is 0.651. The van der Waals surface area contributed by atoms with E-state index in [-0.39, 0.29) is 17.3 Å². The molecule has 0 radical (unpaired) electrons. The number of ether oxygens (including phenoxy) is 1. The molecule has 6 nitrogen and oxygen atoms in total. The maximum absolute atomic E-state index is 14.1. The molecule has 25 heavy (non-hydrogen) atoms. The average Bonchev–Trinajstić information content (AvgIpc) is 2.63. The minimum atomic E-state index is -0.771. The third-order valence-corrected chi connectivity index (χ3v) is 4.02. The minimum absolute atomic E-state index is 0.0483. The van der Waals surface area contributed by atoms with E-state index in [1.807, 2.05) is 6.07 Å². The Hall–Kier alpha value is -3.09. The number of nitrogens with one attached hydrogen (secondary N) is 2. The van der Waals surface area contributed by atoms with Crippen LogP contribution in [-0.2, 0) is 4.79 Å². The molecule has 1 heterocycles. The van der Waals surface area contributed by atoms with Gasteiger partial charge in [-0.25, -0.2) is 9.18 Å². The molecule has 1 aliphatic rings. The van der Waals surface area contributed by atoms with Gasteiger partial charge in [0.2, 0.25) is 5.91 Å². The van der Waals surface area contributed by atoms with E-state index in [2.05, 4.69) is 10.6 Å². The van der Waals surface area contributed by atoms with E-state index in [1.54, 1.807) is 30.3 Å². The van der Waals surface area contributed by atoms with E-state index in [0.717, 1.165) is 0 Å². The number of carbonyl (C=O) groups excluding carboxylic acids is 2. The van der Waals surface area contributed by atoms with Crippen molar-refractivity contribution in [3.05, 3.63) is 59.9 Å². The maximum Gasteiger partial charge on any atom is 0.323 e. The van der Waals surface area contributed by atoms with Crippen LogP contribution < -0.4 is 15.4 Å². The SMILES string of the molecule is COc1cccc(F)c1NC(=O)N1CCNC(=O)C1c1ccccc1. The van der Waals surface area contributed by atoms with Gasteiger partial charge in [-0.3, -0.25) is 4.79 Å². The molecule has 1 aliphatic heterocycles. The van der Waals surface area contributed by atoms with E-state index in [4.69, 9.17) is 4.74 Å². The van der Waals surface area contributed by atoms with Gasteiger partial charge in [0.05, 0.1) is 7.11 Å². The number of halogens is 1. The summed E-state index contributed by atoms with van der Waals surface area (Å²) in [5.41, 5.74) is 0.642. The molecule has 0 spiro atoms. The molecule has 1 saturated heterocycles. The first-order chi connectivity index (χ1) is 12.1. The molecular formula is C18H18FN3O3. The number of rotatable bonds is 3. The topological polar surface area (TPSA) is 70.7 Å². The van der Waals surface area contributed by atoms with Gasteiger partial charge < -0.3 is 20.3 Å². The Morgan fingerprint density at radius 2 is 2.00 bits per heavy atom. The monoisotopic (exact) mass is 343 g/mol. The smallest absolute Gasteiger partial charge is 0.323 e. The number of piperazine rings is 1. The lowest BCUT2D eigenvalue weighted by Gasteiger charge is -2.35. The molecule has 0 saturated carbocycles. The van der Waals surface area contributed by atoms with Gasteiger partial charge >= 0.3 is 6.03 Å². The van der Waals surface area contributed by atoms with Crippen LogP contribution in [-0.4, -0.2) is 37.0 Å². The van der Waals surface area contributed by atoms with Crippen LogP contribution in [0.4, 0.5) is 14.9 Å². The number of para-hydroxylation sites is 1. The molecule has 2 N–H and O–H groups in total. The first kappa shape index (κ1) is 16.8. The van der Waals surface area contributed by atoms with Crippen LogP contribution in [0.2, 0.25) is 0 Å². The third kappa shape index (κ3) is 3.40. The number of hydrogen-bond acceptors (Lipinski definition) is 3. The third-order valence-electron chi connectivity index (χ3n) is 4.02. The number of benzene rings is 2. The predicted molar refractivity (Wildman–Crippen MR) is 90.9 cm³/mol. The number of nitrogens with zero attached hydrogens (tertiary/aromatic N) is 1. The Balaban J connectivity index is 1.89. The van der Waals surface area contributed by atoms with E-state index < -0.39 is 17.9 Å². The van der Waals surface area contributed by atoms with E-state index in [1.165, 1.54) is 24.1 Å². The van der Waals surface area contributed by atoms with Gasteiger partial charge in [0.25, 0.3) is 0 Å². The van der Waals surface area contributed by atoms with Crippen LogP contribution in [0.25, 0.3) is 0 Å². The Labute approximate surface area is 144 Å². The van der Waals surface area contributed by atoms with Gasteiger partial charge in [-0.1, -0.05) is 36.4 Å². The summed E-state index contributed by atoms with van der Waals surface area (Å²) >= 11 is 0. The summed E-state index contributed by atoms with van der Waals surface area (Å²) in [5, 5.41) is 5.28. The second-order valence-electron chi connectivity index (χ2n) is 5.54. The molecule has 3 amide bonds. The average molecular weight is 343 g/mol. The molecule has 7 heteroatoms. The van der Waals surface area contributed by atoms with Crippen molar-refractivity contribution >= 4 is 17.6 Å². The summed E-state index contributed by atoms with van der Waals surface area (Å²) in [6.07, 6.45) is 0. The zero-order valence-electron chi connectivity index (χ0n) is 13.7. The lowest BCUT2D eigenvalue weighted by molar-refractivity contribution is -0.127. The Morgan fingerprint density at radius 1 is 1.24 bits per heavy atom. The van der Waals surface area contributed by atoms with Crippen molar-refractivity contribution in [1.82, 2.24) is 10.2 Å². The Kier molecular flexibility index (Phi) is 4.83. The summed E-state index contributed by atoms with van der Waals surface area (Å²) < 4.78 is 19.2. The molecule has 2 aromatic rings. The zero-order chi connectivity index (χ0) is 17.8. The highest BCUT2D eigenvalue weighted by molar-refractivity contribution is 5.96. The fraction of sp³-hybridized carbons (Fsp3) is 0.222. The van der Waals surface area contributed by atoms with Crippen LogP contribution >= 0.6 is 0 Å². The zero-order valence-corrected chi connectivity index (χ0v) is 13.7. The van der Waals surface area contributed by atoms with Crippen molar-refractivity contribution in [2.75, 3.05) is 25.5 Å². The van der Waals surface area contributed by atoms with Gasteiger partial charge in [-0.2, -0.15) is 0 Å². The van der Waals surface area contributed by atoms with Crippen LogP contribution in [0.3, 0.4) is 0 Å². The standard InChI is InChI=1S/C18H18FN3O3/c1-25-14-9-5-8-13(19)15(14)21-18(24)22-11-10-20-17(23)16(22)12-6-3-2-4-7-12/h2-9,16H,10-11H2,1H3,(H,20,23)(H,21,24). The molecule has 0 aromatic heterocycles.